The van der Waals surface area contributed by atoms with Crippen LogP contribution in [0, 0.1) is 0 Å². The van der Waals surface area contributed by atoms with Gasteiger partial charge in [0, 0.05) is 6.42 Å². The number of aliphatic hydroxyl groups is 2. The Bertz CT molecular complexity index is 208. The molecule has 0 spiro atoms. The van der Waals surface area contributed by atoms with E-state index in [2.05, 4.69) is 0 Å². The summed E-state index contributed by atoms with van der Waals surface area (Å²) < 4.78 is 5.20. The average Bonchev–Trinajstić information content (AvgIpc) is 2.05. The van der Waals surface area contributed by atoms with Crippen LogP contribution in [0.1, 0.15) is 6.42 Å². The van der Waals surface area contributed by atoms with Crippen molar-refractivity contribution < 1.29 is 14.9 Å². The predicted octanol–water partition coefficient (Wildman–Crippen LogP) is 0.766. The molecule has 66 valence electrons. The molecule has 12 heavy (non-hydrogen) atoms. The van der Waals surface area contributed by atoms with Gasteiger partial charge in [-0.05, 0) is 12.1 Å². The predicted molar refractivity (Wildman–Crippen MR) is 44.8 cm³/mol. The molecule has 0 aliphatic rings. The van der Waals surface area contributed by atoms with Gasteiger partial charge in [-0.25, -0.2) is 0 Å². The monoisotopic (exact) mass is 168 g/mol. The SMILES string of the molecule is OC(O)CCOc1ccccc1. The van der Waals surface area contributed by atoms with Gasteiger partial charge in [0.1, 0.15) is 5.75 Å². The van der Waals surface area contributed by atoms with Gasteiger partial charge in [0.25, 0.3) is 0 Å². The number of para-hydroxylation sites is 1. The molecular formula is C9H12O3. The quantitative estimate of drug-likeness (QED) is 0.653. The zero-order chi connectivity index (χ0) is 8.81. The van der Waals surface area contributed by atoms with Gasteiger partial charge in [-0.3, -0.25) is 0 Å². The lowest BCUT2D eigenvalue weighted by atomic mass is 10.3. The maximum atomic E-state index is 8.51. The summed E-state index contributed by atoms with van der Waals surface area (Å²) in [7, 11) is 0. The molecule has 0 aromatic heterocycles. The number of aliphatic hydroxyl groups excluding tert-OH is 1. The molecule has 0 radical (unpaired) electrons. The number of rotatable bonds is 4. The number of hydrogen-bond donors (Lipinski definition) is 2. The van der Waals surface area contributed by atoms with E-state index in [0.29, 0.717) is 6.61 Å². The van der Waals surface area contributed by atoms with E-state index >= 15 is 0 Å². The summed E-state index contributed by atoms with van der Waals surface area (Å²) >= 11 is 0. The highest BCUT2D eigenvalue weighted by Gasteiger charge is 1.97. The summed E-state index contributed by atoms with van der Waals surface area (Å²) in [6.45, 7) is 0.321. The Morgan fingerprint density at radius 2 is 1.83 bits per heavy atom. The Morgan fingerprint density at radius 3 is 2.42 bits per heavy atom. The van der Waals surface area contributed by atoms with Gasteiger partial charge in [-0.15, -0.1) is 0 Å². The van der Waals surface area contributed by atoms with Gasteiger partial charge in [-0.2, -0.15) is 0 Å². The molecule has 0 fully saturated rings. The number of benzene rings is 1. The molecule has 0 amide bonds. The van der Waals surface area contributed by atoms with Crippen molar-refractivity contribution in [1.29, 1.82) is 0 Å². The van der Waals surface area contributed by atoms with Crippen LogP contribution in [0.15, 0.2) is 30.3 Å². The summed E-state index contributed by atoms with van der Waals surface area (Å²) in [5.41, 5.74) is 0. The highest BCUT2D eigenvalue weighted by Crippen LogP contribution is 2.08. The van der Waals surface area contributed by atoms with E-state index in [0.717, 1.165) is 5.75 Å². The zero-order valence-corrected chi connectivity index (χ0v) is 6.68. The molecule has 0 saturated heterocycles. The van der Waals surface area contributed by atoms with E-state index in [9.17, 15) is 0 Å². The first-order valence-corrected chi connectivity index (χ1v) is 3.83. The summed E-state index contributed by atoms with van der Waals surface area (Å²) in [6, 6.07) is 9.27. The number of hydrogen-bond acceptors (Lipinski definition) is 3. The van der Waals surface area contributed by atoms with Crippen molar-refractivity contribution in [2.45, 2.75) is 12.7 Å². The van der Waals surface area contributed by atoms with Gasteiger partial charge in [0.2, 0.25) is 0 Å². The van der Waals surface area contributed by atoms with Gasteiger partial charge < -0.3 is 14.9 Å². The van der Waals surface area contributed by atoms with Crippen LogP contribution in [0.2, 0.25) is 0 Å². The Kier molecular flexibility index (Phi) is 3.57. The minimum absolute atomic E-state index is 0.231. The Balaban J connectivity index is 2.25. The first-order valence-electron chi connectivity index (χ1n) is 3.83. The first kappa shape index (κ1) is 9.03. The van der Waals surface area contributed by atoms with Crippen LogP contribution in [-0.4, -0.2) is 23.1 Å². The van der Waals surface area contributed by atoms with Crippen molar-refractivity contribution >= 4 is 0 Å². The second-order valence-electron chi connectivity index (χ2n) is 2.43. The molecule has 1 aromatic carbocycles. The molecule has 1 aromatic rings. The Hall–Kier alpha value is -1.06. The molecule has 3 nitrogen and oxygen atoms in total. The van der Waals surface area contributed by atoms with Crippen LogP contribution in [0.25, 0.3) is 0 Å². The fourth-order valence-electron chi connectivity index (χ4n) is 0.799. The minimum atomic E-state index is -1.28. The lowest BCUT2D eigenvalue weighted by Crippen LogP contribution is -2.10. The van der Waals surface area contributed by atoms with Crippen molar-refractivity contribution in [3.8, 4) is 5.75 Å². The van der Waals surface area contributed by atoms with Crippen LogP contribution < -0.4 is 4.74 Å². The smallest absolute Gasteiger partial charge is 0.154 e. The summed E-state index contributed by atoms with van der Waals surface area (Å²) in [5.74, 6) is 0.748. The molecule has 0 aliphatic heterocycles. The van der Waals surface area contributed by atoms with E-state index < -0.39 is 6.29 Å². The van der Waals surface area contributed by atoms with Crippen LogP contribution in [-0.2, 0) is 0 Å². The standard InChI is InChI=1S/C9H12O3/c10-9(11)6-7-12-8-4-2-1-3-5-8/h1-5,9-11H,6-7H2. The summed E-state index contributed by atoms with van der Waals surface area (Å²) in [5, 5.41) is 17.0. The van der Waals surface area contributed by atoms with Crippen LogP contribution in [0.3, 0.4) is 0 Å². The van der Waals surface area contributed by atoms with E-state index in [1.807, 2.05) is 30.3 Å². The highest BCUT2D eigenvalue weighted by atomic mass is 16.5. The molecule has 0 atom stereocenters. The minimum Gasteiger partial charge on any atom is -0.493 e. The maximum absolute atomic E-state index is 8.51. The van der Waals surface area contributed by atoms with Gasteiger partial charge >= 0.3 is 0 Å². The molecule has 0 unspecified atom stereocenters. The van der Waals surface area contributed by atoms with Gasteiger partial charge in [0.15, 0.2) is 6.29 Å². The molecule has 1 rings (SSSR count). The first-order chi connectivity index (χ1) is 5.79. The Labute approximate surface area is 71.2 Å². The van der Waals surface area contributed by atoms with Crippen molar-refractivity contribution in [3.05, 3.63) is 30.3 Å². The molecular weight excluding hydrogens is 156 g/mol. The van der Waals surface area contributed by atoms with E-state index in [4.69, 9.17) is 14.9 Å². The third kappa shape index (κ3) is 3.37. The maximum Gasteiger partial charge on any atom is 0.154 e. The van der Waals surface area contributed by atoms with Crippen molar-refractivity contribution in [3.63, 3.8) is 0 Å². The van der Waals surface area contributed by atoms with Crippen LogP contribution in [0.4, 0.5) is 0 Å². The van der Waals surface area contributed by atoms with Crippen molar-refractivity contribution in [2.24, 2.45) is 0 Å². The second kappa shape index (κ2) is 4.74. The molecule has 0 heterocycles. The van der Waals surface area contributed by atoms with E-state index in [1.54, 1.807) is 0 Å². The molecule has 2 N–H and O–H groups in total. The second-order valence-corrected chi connectivity index (χ2v) is 2.43. The topological polar surface area (TPSA) is 49.7 Å². The zero-order valence-electron chi connectivity index (χ0n) is 6.68. The lowest BCUT2D eigenvalue weighted by molar-refractivity contribution is -0.0519. The number of ether oxygens (including phenoxy) is 1. The fourth-order valence-corrected chi connectivity index (χ4v) is 0.799. The fraction of sp³-hybridized carbons (Fsp3) is 0.333. The third-order valence-electron chi connectivity index (χ3n) is 1.39. The highest BCUT2D eigenvalue weighted by molar-refractivity contribution is 5.20. The van der Waals surface area contributed by atoms with Crippen molar-refractivity contribution in [2.75, 3.05) is 6.61 Å². The van der Waals surface area contributed by atoms with Gasteiger partial charge in [0.05, 0.1) is 6.61 Å². The lowest BCUT2D eigenvalue weighted by Gasteiger charge is -2.06. The van der Waals surface area contributed by atoms with Crippen LogP contribution >= 0.6 is 0 Å². The summed E-state index contributed by atoms with van der Waals surface area (Å²) in [6.07, 6.45) is -1.05. The Morgan fingerprint density at radius 1 is 1.17 bits per heavy atom. The largest absolute Gasteiger partial charge is 0.493 e. The average molecular weight is 168 g/mol. The summed E-state index contributed by atoms with van der Waals surface area (Å²) in [4.78, 5) is 0. The van der Waals surface area contributed by atoms with Crippen LogP contribution in [0.5, 0.6) is 5.75 Å². The molecule has 0 aliphatic carbocycles. The van der Waals surface area contributed by atoms with E-state index in [1.165, 1.54) is 0 Å². The van der Waals surface area contributed by atoms with Gasteiger partial charge in [-0.1, -0.05) is 18.2 Å². The van der Waals surface area contributed by atoms with Crippen molar-refractivity contribution in [1.82, 2.24) is 0 Å². The normalized spacial score (nSPS) is 10.2. The molecule has 3 heteroatoms. The van der Waals surface area contributed by atoms with E-state index in [-0.39, 0.29) is 6.42 Å². The molecule has 0 bridgehead atoms. The third-order valence-corrected chi connectivity index (χ3v) is 1.39. The molecule has 0 saturated carbocycles.